The van der Waals surface area contributed by atoms with Crippen LogP contribution in [0.1, 0.15) is 18.7 Å². The van der Waals surface area contributed by atoms with Crippen molar-refractivity contribution in [3.05, 3.63) is 46.4 Å². The van der Waals surface area contributed by atoms with Crippen LogP contribution in [0.5, 0.6) is 0 Å². The van der Waals surface area contributed by atoms with Gasteiger partial charge in [-0.05, 0) is 42.7 Å². The molecule has 3 aromatic heterocycles. The van der Waals surface area contributed by atoms with Crippen molar-refractivity contribution in [1.82, 2.24) is 20.1 Å². The Labute approximate surface area is 135 Å². The summed E-state index contributed by atoms with van der Waals surface area (Å²) in [6, 6.07) is 7.00. The Kier molecular flexibility index (Phi) is 4.21. The number of amides is 1. The number of carbonyl (C=O) groups excluding carboxylic acids is 1. The first-order valence-electron chi connectivity index (χ1n) is 6.67. The highest BCUT2D eigenvalue weighted by molar-refractivity contribution is 7.71. The van der Waals surface area contributed by atoms with Crippen molar-refractivity contribution in [2.75, 3.05) is 0 Å². The van der Waals surface area contributed by atoms with Crippen LogP contribution in [0.2, 0.25) is 0 Å². The van der Waals surface area contributed by atoms with Crippen molar-refractivity contribution in [2.24, 2.45) is 0 Å². The van der Waals surface area contributed by atoms with Gasteiger partial charge in [0.25, 0.3) is 0 Å². The summed E-state index contributed by atoms with van der Waals surface area (Å²) in [6.45, 7) is 2.13. The SMILES string of the molecule is CC(C(=O)NCc1ccco1)n1c(-c2cccs2)n[nH]c1=S. The lowest BCUT2D eigenvalue weighted by molar-refractivity contribution is -0.124. The molecule has 0 aromatic carbocycles. The normalized spacial score (nSPS) is 12.2. The third-order valence-corrected chi connectivity index (χ3v) is 4.38. The lowest BCUT2D eigenvalue weighted by atomic mass is 10.3. The van der Waals surface area contributed by atoms with E-state index in [9.17, 15) is 4.79 Å². The summed E-state index contributed by atoms with van der Waals surface area (Å²) in [5.41, 5.74) is 0. The van der Waals surface area contributed by atoms with Gasteiger partial charge < -0.3 is 9.73 Å². The third-order valence-electron chi connectivity index (χ3n) is 3.23. The van der Waals surface area contributed by atoms with Gasteiger partial charge in [-0.3, -0.25) is 14.5 Å². The number of carbonyl (C=O) groups is 1. The molecule has 114 valence electrons. The maximum absolute atomic E-state index is 12.4. The van der Waals surface area contributed by atoms with Crippen LogP contribution in [-0.2, 0) is 11.3 Å². The Morgan fingerprint density at radius 3 is 3.09 bits per heavy atom. The summed E-state index contributed by atoms with van der Waals surface area (Å²) >= 11 is 6.80. The van der Waals surface area contributed by atoms with Crippen LogP contribution in [0.15, 0.2) is 40.3 Å². The number of hydrogen-bond acceptors (Lipinski definition) is 5. The lowest BCUT2D eigenvalue weighted by Crippen LogP contribution is -2.30. The fourth-order valence-electron chi connectivity index (χ4n) is 2.10. The van der Waals surface area contributed by atoms with Gasteiger partial charge in [-0.2, -0.15) is 5.10 Å². The average molecular weight is 334 g/mol. The van der Waals surface area contributed by atoms with Crippen molar-refractivity contribution in [3.63, 3.8) is 0 Å². The Balaban J connectivity index is 1.80. The average Bonchev–Trinajstić information content (AvgIpc) is 3.25. The fraction of sp³-hybridized carbons (Fsp3) is 0.214. The highest BCUT2D eigenvalue weighted by Crippen LogP contribution is 2.25. The molecule has 3 rings (SSSR count). The van der Waals surface area contributed by atoms with E-state index in [2.05, 4.69) is 15.5 Å². The van der Waals surface area contributed by atoms with E-state index in [0.29, 0.717) is 22.9 Å². The molecule has 22 heavy (non-hydrogen) atoms. The predicted octanol–water partition coefficient (Wildman–Crippen LogP) is 3.14. The fourth-order valence-corrected chi connectivity index (χ4v) is 3.10. The second-order valence-corrected chi connectivity index (χ2v) is 6.01. The van der Waals surface area contributed by atoms with Crippen LogP contribution >= 0.6 is 23.6 Å². The van der Waals surface area contributed by atoms with Crippen molar-refractivity contribution in [2.45, 2.75) is 19.5 Å². The first-order valence-corrected chi connectivity index (χ1v) is 7.96. The molecule has 1 unspecified atom stereocenters. The number of nitrogens with one attached hydrogen (secondary N) is 2. The monoisotopic (exact) mass is 334 g/mol. The van der Waals surface area contributed by atoms with Gasteiger partial charge in [0, 0.05) is 0 Å². The largest absolute Gasteiger partial charge is 0.467 e. The smallest absolute Gasteiger partial charge is 0.243 e. The zero-order chi connectivity index (χ0) is 15.5. The molecule has 0 saturated heterocycles. The molecule has 0 spiro atoms. The molecule has 1 atom stereocenters. The minimum atomic E-state index is -0.474. The molecule has 3 heterocycles. The highest BCUT2D eigenvalue weighted by atomic mass is 32.1. The van der Waals surface area contributed by atoms with E-state index in [4.69, 9.17) is 16.6 Å². The minimum Gasteiger partial charge on any atom is -0.467 e. The van der Waals surface area contributed by atoms with Gasteiger partial charge in [0.1, 0.15) is 11.8 Å². The molecule has 6 nitrogen and oxygen atoms in total. The Hall–Kier alpha value is -2.19. The van der Waals surface area contributed by atoms with Crippen molar-refractivity contribution in [3.8, 4) is 10.7 Å². The molecule has 0 fully saturated rings. The number of thiophene rings is 1. The Bertz CT molecular complexity index is 802. The van der Waals surface area contributed by atoms with Crippen LogP contribution in [0, 0.1) is 4.77 Å². The predicted molar refractivity (Wildman–Crippen MR) is 86.0 cm³/mol. The van der Waals surface area contributed by atoms with E-state index in [0.717, 1.165) is 4.88 Å². The van der Waals surface area contributed by atoms with Crippen LogP contribution < -0.4 is 5.32 Å². The van der Waals surface area contributed by atoms with Crippen LogP contribution in [0.4, 0.5) is 0 Å². The summed E-state index contributed by atoms with van der Waals surface area (Å²) in [6.07, 6.45) is 1.58. The quantitative estimate of drug-likeness (QED) is 0.703. The summed E-state index contributed by atoms with van der Waals surface area (Å²) in [5.74, 6) is 1.22. The molecule has 0 bridgehead atoms. The third kappa shape index (κ3) is 2.88. The topological polar surface area (TPSA) is 75.8 Å². The van der Waals surface area contributed by atoms with E-state index in [1.165, 1.54) is 0 Å². The molecule has 0 saturated carbocycles. The van der Waals surface area contributed by atoms with Crippen LogP contribution in [0.3, 0.4) is 0 Å². The molecule has 8 heteroatoms. The first kappa shape index (κ1) is 14.7. The van der Waals surface area contributed by atoms with E-state index >= 15 is 0 Å². The summed E-state index contributed by atoms with van der Waals surface area (Å²) < 4.78 is 7.34. The number of aromatic amines is 1. The first-order chi connectivity index (χ1) is 10.7. The lowest BCUT2D eigenvalue weighted by Gasteiger charge is -2.14. The number of nitrogens with zero attached hydrogens (tertiary/aromatic N) is 2. The van der Waals surface area contributed by atoms with Gasteiger partial charge in [0.2, 0.25) is 5.91 Å². The van der Waals surface area contributed by atoms with Gasteiger partial charge in [-0.25, -0.2) is 0 Å². The van der Waals surface area contributed by atoms with Crippen molar-refractivity contribution < 1.29 is 9.21 Å². The van der Waals surface area contributed by atoms with E-state index in [1.54, 1.807) is 35.2 Å². The molecule has 0 aliphatic carbocycles. The molecule has 3 aromatic rings. The molecule has 0 aliphatic rings. The summed E-state index contributed by atoms with van der Waals surface area (Å²) in [4.78, 5) is 13.3. The molecule has 0 radical (unpaired) electrons. The minimum absolute atomic E-state index is 0.147. The maximum Gasteiger partial charge on any atom is 0.243 e. The van der Waals surface area contributed by atoms with E-state index < -0.39 is 6.04 Å². The second-order valence-electron chi connectivity index (χ2n) is 4.67. The van der Waals surface area contributed by atoms with Crippen LogP contribution in [-0.4, -0.2) is 20.7 Å². The molecule has 0 aliphatic heterocycles. The second kappa shape index (κ2) is 6.29. The van der Waals surface area contributed by atoms with Gasteiger partial charge >= 0.3 is 0 Å². The van der Waals surface area contributed by atoms with Gasteiger partial charge in [0.05, 0.1) is 17.7 Å². The molecular formula is C14H14N4O2S2. The number of H-pyrrole nitrogens is 1. The van der Waals surface area contributed by atoms with Gasteiger partial charge in [-0.15, -0.1) is 11.3 Å². The van der Waals surface area contributed by atoms with Crippen molar-refractivity contribution >= 4 is 29.5 Å². The van der Waals surface area contributed by atoms with E-state index in [-0.39, 0.29) is 5.91 Å². The molecule has 2 N–H and O–H groups in total. The number of furan rings is 1. The standard InChI is InChI=1S/C14H14N4O2S2/c1-9(13(19)15-8-10-4-2-6-20-10)18-12(16-17-14(18)21)11-5-3-7-22-11/h2-7,9H,8H2,1H3,(H,15,19)(H,17,21). The number of aromatic nitrogens is 3. The zero-order valence-electron chi connectivity index (χ0n) is 11.8. The zero-order valence-corrected chi connectivity index (χ0v) is 13.4. The van der Waals surface area contributed by atoms with E-state index in [1.807, 2.05) is 23.6 Å². The summed E-state index contributed by atoms with van der Waals surface area (Å²) in [7, 11) is 0. The van der Waals surface area contributed by atoms with Crippen molar-refractivity contribution in [1.29, 1.82) is 0 Å². The van der Waals surface area contributed by atoms with Crippen LogP contribution in [0.25, 0.3) is 10.7 Å². The summed E-state index contributed by atoms with van der Waals surface area (Å²) in [5, 5.41) is 11.8. The van der Waals surface area contributed by atoms with Gasteiger partial charge in [0.15, 0.2) is 10.6 Å². The van der Waals surface area contributed by atoms with Gasteiger partial charge in [-0.1, -0.05) is 6.07 Å². The Morgan fingerprint density at radius 2 is 2.41 bits per heavy atom. The molecule has 1 amide bonds. The highest BCUT2D eigenvalue weighted by Gasteiger charge is 2.21. The molecular weight excluding hydrogens is 320 g/mol. The number of rotatable bonds is 5. The Morgan fingerprint density at radius 1 is 1.55 bits per heavy atom. The maximum atomic E-state index is 12.4. The number of hydrogen-bond donors (Lipinski definition) is 2.